The molecule has 80 heavy (non-hydrogen) atoms. The fourth-order valence-electron chi connectivity index (χ4n) is 11.8. The Morgan fingerprint density at radius 3 is 0.500 bits per heavy atom. The zero-order valence-corrected chi connectivity index (χ0v) is 54.9. The molecule has 0 heterocycles. The predicted molar refractivity (Wildman–Crippen MR) is 349 cm³/mol. The molecule has 1 atom stereocenters. The average Bonchev–Trinajstić information content (AvgIpc) is 3.46. The molecular formula is C74H144O6. The van der Waals surface area contributed by atoms with Gasteiger partial charge in [-0.15, -0.1) is 0 Å². The molecule has 0 fully saturated rings. The molecule has 0 spiro atoms. The van der Waals surface area contributed by atoms with Crippen LogP contribution < -0.4 is 0 Å². The summed E-state index contributed by atoms with van der Waals surface area (Å²) in [6.45, 7) is 6.74. The molecule has 0 aromatic rings. The highest BCUT2D eigenvalue weighted by molar-refractivity contribution is 5.71. The standard InChI is InChI=1S/C74H144O6/c1-4-7-10-13-16-19-22-24-26-28-30-32-34-35-36-37-38-39-40-42-43-45-47-49-52-55-58-61-64-67-73(76)79-70-71(69-78-72(75)66-63-60-57-54-51-21-18-15-12-9-6-3)80-74(77)68-65-62-59-56-53-50-48-46-44-41-33-31-29-27-25-23-20-17-14-11-8-5-2/h71H,4-70H2,1-3H3. The maximum atomic E-state index is 12.9. The Labute approximate surface area is 501 Å². The van der Waals surface area contributed by atoms with Gasteiger partial charge in [0.05, 0.1) is 0 Å². The van der Waals surface area contributed by atoms with Crippen molar-refractivity contribution in [1.82, 2.24) is 0 Å². The largest absolute Gasteiger partial charge is 0.462 e. The molecule has 0 saturated heterocycles. The fourth-order valence-corrected chi connectivity index (χ4v) is 11.8. The molecule has 0 aliphatic rings. The van der Waals surface area contributed by atoms with Gasteiger partial charge < -0.3 is 14.2 Å². The van der Waals surface area contributed by atoms with Gasteiger partial charge in [0, 0.05) is 19.3 Å². The van der Waals surface area contributed by atoms with Gasteiger partial charge in [-0.25, -0.2) is 0 Å². The van der Waals surface area contributed by atoms with Crippen LogP contribution in [0.15, 0.2) is 0 Å². The van der Waals surface area contributed by atoms with Crippen LogP contribution in [0, 0.1) is 0 Å². The molecule has 0 saturated carbocycles. The monoisotopic (exact) mass is 1130 g/mol. The lowest BCUT2D eigenvalue weighted by atomic mass is 10.0. The van der Waals surface area contributed by atoms with Crippen molar-refractivity contribution in [3.63, 3.8) is 0 Å². The second-order valence-electron chi connectivity index (χ2n) is 25.6. The van der Waals surface area contributed by atoms with E-state index in [2.05, 4.69) is 20.8 Å². The van der Waals surface area contributed by atoms with E-state index in [0.29, 0.717) is 19.3 Å². The lowest BCUT2D eigenvalue weighted by Crippen LogP contribution is -2.30. The molecule has 0 rings (SSSR count). The first kappa shape index (κ1) is 78.4. The van der Waals surface area contributed by atoms with Crippen molar-refractivity contribution >= 4 is 17.9 Å². The summed E-state index contributed by atoms with van der Waals surface area (Å²) in [5.74, 6) is -0.821. The van der Waals surface area contributed by atoms with Gasteiger partial charge in [-0.2, -0.15) is 0 Å². The first-order valence-corrected chi connectivity index (χ1v) is 37.0. The van der Waals surface area contributed by atoms with Crippen LogP contribution in [0.5, 0.6) is 0 Å². The van der Waals surface area contributed by atoms with E-state index in [1.165, 1.54) is 340 Å². The zero-order chi connectivity index (χ0) is 57.8. The van der Waals surface area contributed by atoms with Gasteiger partial charge in [-0.05, 0) is 19.3 Å². The number of unbranched alkanes of at least 4 members (excludes halogenated alkanes) is 59. The van der Waals surface area contributed by atoms with Crippen molar-refractivity contribution in [3.05, 3.63) is 0 Å². The normalized spacial score (nSPS) is 11.9. The Balaban J connectivity index is 4.09. The third-order valence-electron chi connectivity index (χ3n) is 17.4. The second-order valence-corrected chi connectivity index (χ2v) is 25.6. The van der Waals surface area contributed by atoms with Crippen LogP contribution in [0.25, 0.3) is 0 Å². The second kappa shape index (κ2) is 69.9. The van der Waals surface area contributed by atoms with Crippen molar-refractivity contribution in [2.24, 2.45) is 0 Å². The van der Waals surface area contributed by atoms with E-state index < -0.39 is 6.10 Å². The smallest absolute Gasteiger partial charge is 0.306 e. The van der Waals surface area contributed by atoms with Crippen LogP contribution in [0.1, 0.15) is 438 Å². The van der Waals surface area contributed by atoms with E-state index in [9.17, 15) is 14.4 Å². The minimum atomic E-state index is -0.763. The van der Waals surface area contributed by atoms with E-state index >= 15 is 0 Å². The number of rotatable bonds is 70. The molecule has 0 aromatic carbocycles. The van der Waals surface area contributed by atoms with Gasteiger partial charge >= 0.3 is 17.9 Å². The number of esters is 3. The summed E-state index contributed by atoms with van der Waals surface area (Å²) in [6, 6.07) is 0. The predicted octanol–water partition coefficient (Wildman–Crippen LogP) is 25.4. The number of hydrogen-bond donors (Lipinski definition) is 0. The van der Waals surface area contributed by atoms with Crippen LogP contribution >= 0.6 is 0 Å². The molecule has 0 aliphatic heterocycles. The number of ether oxygens (including phenoxy) is 3. The summed E-state index contributed by atoms with van der Waals surface area (Å²) < 4.78 is 17.0. The quantitative estimate of drug-likeness (QED) is 0.0343. The Morgan fingerprint density at radius 1 is 0.200 bits per heavy atom. The average molecular weight is 1130 g/mol. The van der Waals surface area contributed by atoms with Crippen molar-refractivity contribution < 1.29 is 28.6 Å². The van der Waals surface area contributed by atoms with Crippen molar-refractivity contribution in [2.75, 3.05) is 13.2 Å². The third kappa shape index (κ3) is 67.2. The summed E-state index contributed by atoms with van der Waals surface area (Å²) in [6.07, 6.45) is 83.0. The van der Waals surface area contributed by atoms with Crippen LogP contribution in [-0.4, -0.2) is 37.2 Å². The van der Waals surface area contributed by atoms with Crippen LogP contribution in [0.3, 0.4) is 0 Å². The van der Waals surface area contributed by atoms with E-state index in [0.717, 1.165) is 57.8 Å². The van der Waals surface area contributed by atoms with Crippen molar-refractivity contribution in [1.29, 1.82) is 0 Å². The minimum Gasteiger partial charge on any atom is -0.462 e. The summed E-state index contributed by atoms with van der Waals surface area (Å²) in [4.78, 5) is 38.4. The van der Waals surface area contributed by atoms with E-state index in [1.54, 1.807) is 0 Å². The van der Waals surface area contributed by atoms with Crippen molar-refractivity contribution in [3.8, 4) is 0 Å². The molecule has 0 aliphatic carbocycles. The maximum absolute atomic E-state index is 12.9. The van der Waals surface area contributed by atoms with Gasteiger partial charge in [-0.1, -0.05) is 400 Å². The van der Waals surface area contributed by atoms with Gasteiger partial charge in [0.15, 0.2) is 6.10 Å². The number of carbonyl (C=O) groups is 3. The third-order valence-corrected chi connectivity index (χ3v) is 17.4. The Bertz CT molecular complexity index is 1200. The topological polar surface area (TPSA) is 78.9 Å². The van der Waals surface area contributed by atoms with E-state index in [1.807, 2.05) is 0 Å². The molecule has 0 bridgehead atoms. The molecule has 0 N–H and O–H groups in total. The van der Waals surface area contributed by atoms with Gasteiger partial charge in [0.2, 0.25) is 0 Å². The number of hydrogen-bond acceptors (Lipinski definition) is 6. The molecule has 1 unspecified atom stereocenters. The van der Waals surface area contributed by atoms with Crippen molar-refractivity contribution in [2.45, 2.75) is 444 Å². The fraction of sp³-hybridized carbons (Fsp3) is 0.959. The van der Waals surface area contributed by atoms with Gasteiger partial charge in [-0.3, -0.25) is 14.4 Å². The lowest BCUT2D eigenvalue weighted by molar-refractivity contribution is -0.167. The SMILES string of the molecule is CCCCCCCCCCCCCCCCCCCCCCCCCCCCCCCC(=O)OCC(COC(=O)CCCCCCCCCCCCC)OC(=O)CCCCCCCCCCCCCCCCCCCCCCCC. The minimum absolute atomic E-state index is 0.0603. The molecule has 0 amide bonds. The summed E-state index contributed by atoms with van der Waals surface area (Å²) in [7, 11) is 0. The van der Waals surface area contributed by atoms with E-state index in [-0.39, 0.29) is 31.1 Å². The summed E-state index contributed by atoms with van der Waals surface area (Å²) in [5.41, 5.74) is 0. The summed E-state index contributed by atoms with van der Waals surface area (Å²) >= 11 is 0. The van der Waals surface area contributed by atoms with Crippen LogP contribution in [0.2, 0.25) is 0 Å². The highest BCUT2D eigenvalue weighted by Gasteiger charge is 2.20. The van der Waals surface area contributed by atoms with Crippen LogP contribution in [-0.2, 0) is 28.6 Å². The maximum Gasteiger partial charge on any atom is 0.306 e. The first-order valence-electron chi connectivity index (χ1n) is 37.0. The molecule has 6 heteroatoms. The first-order chi connectivity index (χ1) is 39.5. The van der Waals surface area contributed by atoms with Crippen LogP contribution in [0.4, 0.5) is 0 Å². The highest BCUT2D eigenvalue weighted by Crippen LogP contribution is 2.20. The van der Waals surface area contributed by atoms with Gasteiger partial charge in [0.25, 0.3) is 0 Å². The Hall–Kier alpha value is -1.59. The summed E-state index contributed by atoms with van der Waals surface area (Å²) in [5, 5.41) is 0. The Morgan fingerprint density at radius 2 is 0.338 bits per heavy atom. The van der Waals surface area contributed by atoms with E-state index in [4.69, 9.17) is 14.2 Å². The highest BCUT2D eigenvalue weighted by atomic mass is 16.6. The molecule has 6 nitrogen and oxygen atoms in total. The zero-order valence-electron chi connectivity index (χ0n) is 54.9. The molecule has 476 valence electrons. The lowest BCUT2D eigenvalue weighted by Gasteiger charge is -2.18. The number of carbonyl (C=O) groups excluding carboxylic acids is 3. The molecule has 0 aromatic heterocycles. The molecular weight excluding hydrogens is 985 g/mol. The molecule has 0 radical (unpaired) electrons. The van der Waals surface area contributed by atoms with Gasteiger partial charge in [0.1, 0.15) is 13.2 Å². The Kier molecular flexibility index (Phi) is 68.5.